The molecule has 2 N–H and O–H groups in total. The maximum Gasteiger partial charge on any atom is 0.248 e. The zero-order valence-corrected chi connectivity index (χ0v) is 14.5. The van der Waals surface area contributed by atoms with E-state index in [1.54, 1.807) is 0 Å². The van der Waals surface area contributed by atoms with Gasteiger partial charge in [0, 0.05) is 23.8 Å². The number of aromatic nitrogens is 2. The molecule has 0 saturated carbocycles. The highest BCUT2D eigenvalue weighted by molar-refractivity contribution is 5.92. The molecule has 5 heteroatoms. The van der Waals surface area contributed by atoms with Gasteiger partial charge in [-0.1, -0.05) is 18.6 Å². The van der Waals surface area contributed by atoms with Crippen molar-refractivity contribution in [1.82, 2.24) is 14.7 Å². The van der Waals surface area contributed by atoms with Crippen LogP contribution in [0.25, 0.3) is 0 Å². The van der Waals surface area contributed by atoms with Crippen LogP contribution in [0.5, 0.6) is 0 Å². The molecule has 3 rings (SSSR count). The number of primary amides is 1. The van der Waals surface area contributed by atoms with Gasteiger partial charge in [0.25, 0.3) is 0 Å². The summed E-state index contributed by atoms with van der Waals surface area (Å²) in [7, 11) is 0. The van der Waals surface area contributed by atoms with Crippen molar-refractivity contribution in [2.24, 2.45) is 5.73 Å². The van der Waals surface area contributed by atoms with Crippen molar-refractivity contribution in [2.75, 3.05) is 6.54 Å². The number of hydrogen-bond acceptors (Lipinski definition) is 3. The molecule has 24 heavy (non-hydrogen) atoms. The Hall–Kier alpha value is -2.14. The van der Waals surface area contributed by atoms with Crippen LogP contribution in [-0.2, 0) is 13.1 Å². The Morgan fingerprint density at radius 3 is 2.62 bits per heavy atom. The van der Waals surface area contributed by atoms with Crippen molar-refractivity contribution >= 4 is 5.91 Å². The molecule has 1 aliphatic rings. The van der Waals surface area contributed by atoms with Gasteiger partial charge >= 0.3 is 0 Å². The SMILES string of the molecule is Cc1cc(C)n(C[C@@H]2CCCCN2Cc2ccc(C(N)=O)cc2)n1. The smallest absolute Gasteiger partial charge is 0.248 e. The Kier molecular flexibility index (Phi) is 5.00. The largest absolute Gasteiger partial charge is 0.366 e. The van der Waals surface area contributed by atoms with E-state index in [1.165, 1.54) is 30.5 Å². The normalized spacial score (nSPS) is 18.7. The second-order valence-electron chi connectivity index (χ2n) is 6.79. The molecule has 1 fully saturated rings. The minimum Gasteiger partial charge on any atom is -0.366 e. The van der Waals surface area contributed by atoms with Crippen LogP contribution in [0.3, 0.4) is 0 Å². The summed E-state index contributed by atoms with van der Waals surface area (Å²) in [5.41, 5.74) is 9.41. The Bertz CT molecular complexity index is 705. The van der Waals surface area contributed by atoms with E-state index in [-0.39, 0.29) is 5.91 Å². The average Bonchev–Trinajstić information content (AvgIpc) is 2.87. The van der Waals surface area contributed by atoms with Crippen molar-refractivity contribution in [3.63, 3.8) is 0 Å². The molecule has 0 spiro atoms. The molecular formula is C19H26N4O. The van der Waals surface area contributed by atoms with E-state index < -0.39 is 0 Å². The van der Waals surface area contributed by atoms with Crippen LogP contribution in [0, 0.1) is 13.8 Å². The van der Waals surface area contributed by atoms with Crippen molar-refractivity contribution in [1.29, 1.82) is 0 Å². The van der Waals surface area contributed by atoms with Crippen molar-refractivity contribution in [3.05, 3.63) is 52.8 Å². The van der Waals surface area contributed by atoms with Crippen molar-refractivity contribution in [3.8, 4) is 0 Å². The number of piperidine rings is 1. The number of nitrogens with zero attached hydrogens (tertiary/aromatic N) is 3. The molecule has 1 saturated heterocycles. The van der Waals surface area contributed by atoms with Crippen LogP contribution in [0.1, 0.15) is 46.6 Å². The average molecular weight is 326 g/mol. The van der Waals surface area contributed by atoms with Gasteiger partial charge in [0.15, 0.2) is 0 Å². The molecule has 1 aliphatic heterocycles. The molecule has 1 amide bonds. The lowest BCUT2D eigenvalue weighted by molar-refractivity contribution is 0.1000. The Morgan fingerprint density at radius 1 is 1.25 bits per heavy atom. The van der Waals surface area contributed by atoms with E-state index in [2.05, 4.69) is 27.7 Å². The molecule has 1 aromatic carbocycles. The lowest BCUT2D eigenvalue weighted by Crippen LogP contribution is -2.41. The van der Waals surface area contributed by atoms with Crippen LogP contribution in [0.15, 0.2) is 30.3 Å². The van der Waals surface area contributed by atoms with Crippen LogP contribution < -0.4 is 5.73 Å². The second kappa shape index (κ2) is 7.18. The van der Waals surface area contributed by atoms with Gasteiger partial charge in [0.2, 0.25) is 5.91 Å². The number of carbonyl (C=O) groups excluding carboxylic acids is 1. The molecule has 128 valence electrons. The third kappa shape index (κ3) is 3.85. The molecule has 0 bridgehead atoms. The highest BCUT2D eigenvalue weighted by Crippen LogP contribution is 2.22. The summed E-state index contributed by atoms with van der Waals surface area (Å²) >= 11 is 0. The number of likely N-dealkylation sites (tertiary alicyclic amines) is 1. The monoisotopic (exact) mass is 326 g/mol. The first-order valence-corrected chi connectivity index (χ1v) is 8.67. The standard InChI is InChI=1S/C19H26N4O/c1-14-11-15(2)23(21-14)13-18-5-3-4-10-22(18)12-16-6-8-17(9-7-16)19(20)24/h6-9,11,18H,3-5,10,12-13H2,1-2H3,(H2,20,24)/t18-/m0/s1. The topological polar surface area (TPSA) is 64.2 Å². The Balaban J connectivity index is 1.70. The number of hydrogen-bond donors (Lipinski definition) is 1. The number of carbonyl (C=O) groups is 1. The quantitative estimate of drug-likeness (QED) is 0.919. The van der Waals surface area contributed by atoms with Crippen molar-refractivity contribution in [2.45, 2.75) is 52.2 Å². The summed E-state index contributed by atoms with van der Waals surface area (Å²) in [6, 6.07) is 10.3. The van der Waals surface area contributed by atoms with Crippen LogP contribution in [-0.4, -0.2) is 33.2 Å². The van der Waals surface area contributed by atoms with E-state index in [1.807, 2.05) is 31.2 Å². The predicted molar refractivity (Wildman–Crippen MR) is 94.7 cm³/mol. The fraction of sp³-hybridized carbons (Fsp3) is 0.474. The van der Waals surface area contributed by atoms with Gasteiger partial charge in [-0.3, -0.25) is 14.4 Å². The number of nitrogens with two attached hydrogens (primary N) is 1. The van der Waals surface area contributed by atoms with Crippen LogP contribution >= 0.6 is 0 Å². The lowest BCUT2D eigenvalue weighted by atomic mass is 10.0. The zero-order valence-electron chi connectivity index (χ0n) is 14.5. The van der Waals surface area contributed by atoms with Gasteiger partial charge in [0.05, 0.1) is 12.2 Å². The Labute approximate surface area is 143 Å². The van der Waals surface area contributed by atoms with Crippen molar-refractivity contribution < 1.29 is 4.79 Å². The summed E-state index contributed by atoms with van der Waals surface area (Å²) < 4.78 is 2.13. The highest BCUT2D eigenvalue weighted by Gasteiger charge is 2.23. The predicted octanol–water partition coefficient (Wildman–Crippen LogP) is 2.65. The minimum absolute atomic E-state index is 0.373. The number of aryl methyl sites for hydroxylation is 2. The maximum absolute atomic E-state index is 11.2. The van der Waals surface area contributed by atoms with Gasteiger partial charge < -0.3 is 5.73 Å². The van der Waals surface area contributed by atoms with E-state index in [4.69, 9.17) is 5.73 Å². The number of rotatable bonds is 5. The molecule has 2 aromatic rings. The van der Waals surface area contributed by atoms with Gasteiger partial charge in [-0.05, 0) is 57.0 Å². The Morgan fingerprint density at radius 2 is 2.00 bits per heavy atom. The van der Waals surface area contributed by atoms with E-state index in [0.29, 0.717) is 11.6 Å². The molecule has 5 nitrogen and oxygen atoms in total. The molecule has 0 radical (unpaired) electrons. The third-order valence-electron chi connectivity index (χ3n) is 4.86. The molecule has 1 aromatic heterocycles. The molecular weight excluding hydrogens is 300 g/mol. The van der Waals surface area contributed by atoms with Gasteiger partial charge in [-0.15, -0.1) is 0 Å². The summed E-state index contributed by atoms with van der Waals surface area (Å²) in [6.45, 7) is 7.13. The minimum atomic E-state index is -0.373. The van der Waals surface area contributed by atoms with Gasteiger partial charge in [-0.2, -0.15) is 5.10 Å². The highest BCUT2D eigenvalue weighted by atomic mass is 16.1. The molecule has 0 unspecified atom stereocenters. The summed E-state index contributed by atoms with van der Waals surface area (Å²) in [4.78, 5) is 13.7. The second-order valence-corrected chi connectivity index (χ2v) is 6.79. The lowest BCUT2D eigenvalue weighted by Gasteiger charge is -2.36. The van der Waals surface area contributed by atoms with Crippen LogP contribution in [0.4, 0.5) is 0 Å². The number of amides is 1. The summed E-state index contributed by atoms with van der Waals surface area (Å²) in [6.07, 6.45) is 3.73. The molecule has 2 heterocycles. The first-order valence-electron chi connectivity index (χ1n) is 8.67. The van der Waals surface area contributed by atoms with Gasteiger partial charge in [-0.25, -0.2) is 0 Å². The number of benzene rings is 1. The molecule has 1 atom stereocenters. The fourth-order valence-corrected chi connectivity index (χ4v) is 3.54. The first-order chi connectivity index (χ1) is 11.5. The third-order valence-corrected chi connectivity index (χ3v) is 4.86. The first kappa shape index (κ1) is 16.7. The van der Waals surface area contributed by atoms with Crippen LogP contribution in [0.2, 0.25) is 0 Å². The van der Waals surface area contributed by atoms with Gasteiger partial charge in [0.1, 0.15) is 0 Å². The summed E-state index contributed by atoms with van der Waals surface area (Å²) in [5.74, 6) is -0.373. The van der Waals surface area contributed by atoms with E-state index in [9.17, 15) is 4.79 Å². The van der Waals surface area contributed by atoms with E-state index in [0.717, 1.165) is 25.3 Å². The molecule has 0 aliphatic carbocycles. The maximum atomic E-state index is 11.2. The summed E-state index contributed by atoms with van der Waals surface area (Å²) in [5, 5.41) is 4.62. The zero-order chi connectivity index (χ0) is 17.1. The van der Waals surface area contributed by atoms with E-state index >= 15 is 0 Å². The fourth-order valence-electron chi connectivity index (χ4n) is 3.54.